The van der Waals surface area contributed by atoms with Crippen LogP contribution in [0.1, 0.15) is 34.3 Å². The molecule has 1 atom stereocenters. The van der Waals surface area contributed by atoms with Crippen LogP contribution >= 0.6 is 23.1 Å². The van der Waals surface area contributed by atoms with Crippen molar-refractivity contribution in [1.82, 2.24) is 15.0 Å². The lowest BCUT2D eigenvalue weighted by Crippen LogP contribution is -2.23. The van der Waals surface area contributed by atoms with E-state index in [0.717, 1.165) is 27.4 Å². The number of benzene rings is 1. The quantitative estimate of drug-likeness (QED) is 0.408. The van der Waals surface area contributed by atoms with Crippen LogP contribution in [0, 0.1) is 13.8 Å². The van der Waals surface area contributed by atoms with Crippen LogP contribution in [0.5, 0.6) is 0 Å². The van der Waals surface area contributed by atoms with E-state index < -0.39 is 0 Å². The van der Waals surface area contributed by atoms with E-state index >= 15 is 0 Å². The van der Waals surface area contributed by atoms with Crippen molar-refractivity contribution in [3.05, 3.63) is 86.5 Å². The van der Waals surface area contributed by atoms with E-state index in [4.69, 9.17) is 0 Å². The van der Waals surface area contributed by atoms with Crippen LogP contribution < -0.4 is 10.9 Å². The first-order valence-corrected chi connectivity index (χ1v) is 12.2. The summed E-state index contributed by atoms with van der Waals surface area (Å²) in [4.78, 5) is 38.4. The Hall–Kier alpha value is -2.97. The standard InChI is InChI=1S/C24H24N4O2S2/c1-14-15(2)32-24-21(14)23(30)27-20(28-24)13-31-16(3)22(29)26-19-6-4-17(5-7-19)12-18-8-10-25-11-9-18/h4-11,16H,12-13H2,1-3H3,(H,26,29)(H,27,28,30). The predicted molar refractivity (Wildman–Crippen MR) is 133 cm³/mol. The van der Waals surface area contributed by atoms with Gasteiger partial charge in [-0.05, 0) is 68.1 Å². The highest BCUT2D eigenvalue weighted by atomic mass is 32.2. The number of aromatic amines is 1. The average molecular weight is 465 g/mol. The smallest absolute Gasteiger partial charge is 0.259 e. The number of amides is 1. The second-order valence-electron chi connectivity index (χ2n) is 7.65. The molecule has 4 aromatic rings. The fourth-order valence-electron chi connectivity index (χ4n) is 3.33. The Balaban J connectivity index is 1.34. The Kier molecular flexibility index (Phi) is 6.72. The summed E-state index contributed by atoms with van der Waals surface area (Å²) in [6, 6.07) is 11.9. The lowest BCUT2D eigenvalue weighted by molar-refractivity contribution is -0.115. The zero-order valence-electron chi connectivity index (χ0n) is 18.1. The topological polar surface area (TPSA) is 87.7 Å². The zero-order chi connectivity index (χ0) is 22.7. The van der Waals surface area contributed by atoms with Gasteiger partial charge in [0.15, 0.2) is 0 Å². The maximum absolute atomic E-state index is 12.6. The number of aromatic nitrogens is 3. The fraction of sp³-hybridized carbons (Fsp3) is 0.250. The summed E-state index contributed by atoms with van der Waals surface area (Å²) < 4.78 is 0. The predicted octanol–water partition coefficient (Wildman–Crippen LogP) is 4.85. The number of carbonyl (C=O) groups excluding carboxylic acids is 1. The highest BCUT2D eigenvalue weighted by Crippen LogP contribution is 2.26. The number of H-pyrrole nitrogens is 1. The Morgan fingerprint density at radius 1 is 1.12 bits per heavy atom. The van der Waals surface area contributed by atoms with Crippen LogP contribution in [0.3, 0.4) is 0 Å². The number of hydrogen-bond donors (Lipinski definition) is 2. The molecule has 164 valence electrons. The first kappa shape index (κ1) is 22.2. The van der Waals surface area contributed by atoms with Gasteiger partial charge in [0.05, 0.1) is 16.4 Å². The first-order valence-electron chi connectivity index (χ1n) is 10.3. The van der Waals surface area contributed by atoms with Crippen molar-refractivity contribution < 1.29 is 4.79 Å². The minimum atomic E-state index is -0.292. The number of fused-ring (bicyclic) bond motifs is 1. The second-order valence-corrected chi connectivity index (χ2v) is 10.2. The van der Waals surface area contributed by atoms with E-state index in [9.17, 15) is 9.59 Å². The zero-order valence-corrected chi connectivity index (χ0v) is 19.8. The average Bonchev–Trinajstić information content (AvgIpc) is 3.07. The molecule has 0 aliphatic heterocycles. The molecule has 2 N–H and O–H groups in total. The lowest BCUT2D eigenvalue weighted by Gasteiger charge is -2.12. The third kappa shape index (κ3) is 5.08. The Morgan fingerprint density at radius 2 is 1.81 bits per heavy atom. The summed E-state index contributed by atoms with van der Waals surface area (Å²) >= 11 is 2.97. The molecular formula is C24H24N4O2S2. The van der Waals surface area contributed by atoms with Gasteiger partial charge in [0.25, 0.3) is 5.56 Å². The second kappa shape index (κ2) is 9.67. The number of nitrogens with zero attached hydrogens (tertiary/aromatic N) is 2. The monoisotopic (exact) mass is 464 g/mol. The van der Waals surface area contributed by atoms with E-state index in [-0.39, 0.29) is 16.7 Å². The van der Waals surface area contributed by atoms with Crippen LogP contribution in [-0.4, -0.2) is 26.1 Å². The van der Waals surface area contributed by atoms with E-state index in [0.29, 0.717) is 17.0 Å². The van der Waals surface area contributed by atoms with Crippen molar-refractivity contribution in [3.63, 3.8) is 0 Å². The maximum atomic E-state index is 12.6. The van der Waals surface area contributed by atoms with E-state index in [1.165, 1.54) is 34.2 Å². The van der Waals surface area contributed by atoms with Crippen molar-refractivity contribution >= 4 is 44.9 Å². The number of thioether (sulfide) groups is 1. The summed E-state index contributed by atoms with van der Waals surface area (Å²) in [5.74, 6) is 0.970. The third-order valence-corrected chi connectivity index (χ3v) is 7.56. The van der Waals surface area contributed by atoms with Crippen molar-refractivity contribution in [2.75, 3.05) is 5.32 Å². The fourth-order valence-corrected chi connectivity index (χ4v) is 5.14. The van der Waals surface area contributed by atoms with Gasteiger partial charge in [-0.1, -0.05) is 12.1 Å². The number of rotatable bonds is 7. The first-order chi connectivity index (χ1) is 15.4. The molecule has 0 bridgehead atoms. The maximum Gasteiger partial charge on any atom is 0.259 e. The van der Waals surface area contributed by atoms with Gasteiger partial charge in [-0.25, -0.2) is 4.98 Å². The summed E-state index contributed by atoms with van der Waals surface area (Å²) in [5, 5.41) is 3.33. The van der Waals surface area contributed by atoms with E-state index in [1.54, 1.807) is 12.4 Å². The number of nitrogens with one attached hydrogen (secondary N) is 2. The van der Waals surface area contributed by atoms with Crippen LogP contribution in [0.25, 0.3) is 10.2 Å². The van der Waals surface area contributed by atoms with Crippen LogP contribution in [0.15, 0.2) is 53.6 Å². The number of anilines is 1. The summed E-state index contributed by atoms with van der Waals surface area (Å²) in [7, 11) is 0. The molecule has 0 fully saturated rings. The number of hydrogen-bond acceptors (Lipinski definition) is 6. The van der Waals surface area contributed by atoms with Gasteiger partial charge in [0.2, 0.25) is 5.91 Å². The molecule has 1 unspecified atom stereocenters. The molecule has 0 spiro atoms. The summed E-state index contributed by atoms with van der Waals surface area (Å²) in [6.07, 6.45) is 4.39. The molecule has 32 heavy (non-hydrogen) atoms. The molecular weight excluding hydrogens is 440 g/mol. The van der Waals surface area contributed by atoms with Gasteiger partial charge in [0, 0.05) is 23.0 Å². The van der Waals surface area contributed by atoms with Gasteiger partial charge in [-0.15, -0.1) is 23.1 Å². The van der Waals surface area contributed by atoms with Crippen LogP contribution in [0.4, 0.5) is 5.69 Å². The minimum absolute atomic E-state index is 0.0804. The number of thiophene rings is 1. The number of carbonyl (C=O) groups is 1. The molecule has 8 heteroatoms. The van der Waals surface area contributed by atoms with Gasteiger partial charge >= 0.3 is 0 Å². The van der Waals surface area contributed by atoms with Crippen molar-refractivity contribution in [1.29, 1.82) is 0 Å². The molecule has 4 rings (SSSR count). The SMILES string of the molecule is Cc1sc2nc(CSC(C)C(=O)Nc3ccc(Cc4ccncc4)cc3)[nH]c(=O)c2c1C. The van der Waals surface area contributed by atoms with Crippen molar-refractivity contribution in [2.24, 2.45) is 0 Å². The van der Waals surface area contributed by atoms with Gasteiger partial charge < -0.3 is 10.3 Å². The molecule has 3 heterocycles. The Labute approximate surface area is 194 Å². The molecule has 1 aromatic carbocycles. The lowest BCUT2D eigenvalue weighted by atomic mass is 10.1. The van der Waals surface area contributed by atoms with Gasteiger partial charge in [-0.3, -0.25) is 14.6 Å². The van der Waals surface area contributed by atoms with Crippen LogP contribution in [0.2, 0.25) is 0 Å². The summed E-state index contributed by atoms with van der Waals surface area (Å²) in [6.45, 7) is 5.79. The minimum Gasteiger partial charge on any atom is -0.325 e. The molecule has 3 aromatic heterocycles. The Morgan fingerprint density at radius 3 is 2.53 bits per heavy atom. The van der Waals surface area contributed by atoms with Crippen LogP contribution in [-0.2, 0) is 17.0 Å². The van der Waals surface area contributed by atoms with E-state index in [2.05, 4.69) is 20.3 Å². The largest absolute Gasteiger partial charge is 0.325 e. The highest BCUT2D eigenvalue weighted by molar-refractivity contribution is 7.99. The van der Waals surface area contributed by atoms with Gasteiger partial charge in [-0.2, -0.15) is 0 Å². The number of aryl methyl sites for hydroxylation is 2. The van der Waals surface area contributed by atoms with Crippen molar-refractivity contribution in [2.45, 2.75) is 38.2 Å². The van der Waals surface area contributed by atoms with E-state index in [1.807, 2.05) is 57.2 Å². The molecule has 6 nitrogen and oxygen atoms in total. The molecule has 0 saturated carbocycles. The Bertz CT molecular complexity index is 1300. The number of pyridine rings is 1. The van der Waals surface area contributed by atoms with Crippen molar-refractivity contribution in [3.8, 4) is 0 Å². The molecule has 0 aliphatic rings. The highest BCUT2D eigenvalue weighted by Gasteiger charge is 2.16. The summed E-state index contributed by atoms with van der Waals surface area (Å²) in [5.41, 5.74) is 3.99. The molecule has 0 saturated heterocycles. The van der Waals surface area contributed by atoms with Gasteiger partial charge in [0.1, 0.15) is 10.7 Å². The third-order valence-electron chi connectivity index (χ3n) is 5.31. The molecule has 1 amide bonds. The molecule has 0 aliphatic carbocycles. The molecule has 0 radical (unpaired) electrons. The normalized spacial score (nSPS) is 12.1.